The van der Waals surface area contributed by atoms with Crippen LogP contribution in [0.5, 0.6) is 0 Å². The van der Waals surface area contributed by atoms with Gasteiger partial charge in [-0.25, -0.2) is 0 Å². The van der Waals surface area contributed by atoms with Crippen LogP contribution in [0.2, 0.25) is 5.02 Å². The lowest BCUT2D eigenvalue weighted by Crippen LogP contribution is -1.91. The molecule has 3 nitrogen and oxygen atoms in total. The Morgan fingerprint density at radius 2 is 2.33 bits per heavy atom. The van der Waals surface area contributed by atoms with Gasteiger partial charge < -0.3 is 5.32 Å². The molecular formula is C10H6BrClN2O. The van der Waals surface area contributed by atoms with Crippen LogP contribution in [-0.2, 0) is 4.79 Å². The largest absolute Gasteiger partial charge is 0.360 e. The van der Waals surface area contributed by atoms with Crippen LogP contribution in [-0.4, -0.2) is 6.29 Å². The molecule has 0 aliphatic carbocycles. The first kappa shape index (κ1) is 11.8. The third-order valence-electron chi connectivity index (χ3n) is 1.57. The number of halogens is 2. The molecule has 0 amide bonds. The number of carbonyl (C=O) groups is 1. The maximum Gasteiger partial charge on any atom is 0.162 e. The predicted octanol–water partition coefficient (Wildman–Crippen LogP) is 3.12. The van der Waals surface area contributed by atoms with Crippen molar-refractivity contribution in [3.05, 3.63) is 39.5 Å². The molecule has 0 saturated heterocycles. The molecule has 1 rings (SSSR count). The van der Waals surface area contributed by atoms with E-state index in [1.54, 1.807) is 24.3 Å². The summed E-state index contributed by atoms with van der Waals surface area (Å²) in [6.45, 7) is 0. The highest BCUT2D eigenvalue weighted by Gasteiger charge is 1.98. The Kier molecular flexibility index (Phi) is 4.35. The van der Waals surface area contributed by atoms with E-state index < -0.39 is 0 Å². The van der Waals surface area contributed by atoms with E-state index in [-0.39, 0.29) is 5.57 Å². The summed E-state index contributed by atoms with van der Waals surface area (Å²) in [6.07, 6.45) is 1.81. The van der Waals surface area contributed by atoms with Gasteiger partial charge >= 0.3 is 0 Å². The van der Waals surface area contributed by atoms with Crippen molar-refractivity contribution in [3.8, 4) is 6.07 Å². The van der Waals surface area contributed by atoms with Crippen LogP contribution >= 0.6 is 27.5 Å². The fraction of sp³-hybridized carbons (Fsp3) is 0. The SMILES string of the molecule is N#C/C(C=O)=C/Nc1ccc(Br)c(Cl)c1. The van der Waals surface area contributed by atoms with Gasteiger partial charge in [0.05, 0.1) is 5.02 Å². The molecule has 0 spiro atoms. The Hall–Kier alpha value is -1.31. The average Bonchev–Trinajstić information content (AvgIpc) is 2.24. The molecule has 0 saturated carbocycles. The molecule has 15 heavy (non-hydrogen) atoms. The second-order valence-electron chi connectivity index (χ2n) is 2.60. The summed E-state index contributed by atoms with van der Waals surface area (Å²) in [4.78, 5) is 10.3. The molecule has 5 heteroatoms. The molecule has 0 aliphatic rings. The van der Waals surface area contributed by atoms with Crippen LogP contribution in [0.1, 0.15) is 0 Å². The number of allylic oxidation sites excluding steroid dienone is 1. The Morgan fingerprint density at radius 3 is 2.87 bits per heavy atom. The quantitative estimate of drug-likeness (QED) is 0.527. The molecule has 0 unspecified atom stereocenters. The van der Waals surface area contributed by atoms with Gasteiger partial charge in [-0.05, 0) is 34.1 Å². The van der Waals surface area contributed by atoms with E-state index in [0.29, 0.717) is 17.0 Å². The zero-order valence-electron chi connectivity index (χ0n) is 7.50. The summed E-state index contributed by atoms with van der Waals surface area (Å²) in [7, 11) is 0. The number of benzene rings is 1. The van der Waals surface area contributed by atoms with E-state index in [4.69, 9.17) is 16.9 Å². The first-order valence-corrected chi connectivity index (χ1v) is 5.11. The second kappa shape index (κ2) is 5.54. The lowest BCUT2D eigenvalue weighted by molar-refractivity contribution is -0.104. The third kappa shape index (κ3) is 3.39. The topological polar surface area (TPSA) is 52.9 Å². The summed E-state index contributed by atoms with van der Waals surface area (Å²) in [5, 5.41) is 11.8. The maximum atomic E-state index is 10.3. The van der Waals surface area contributed by atoms with Crippen LogP contribution in [0.25, 0.3) is 0 Å². The van der Waals surface area contributed by atoms with Gasteiger partial charge in [-0.2, -0.15) is 5.26 Å². The Morgan fingerprint density at radius 1 is 1.60 bits per heavy atom. The Bertz CT molecular complexity index is 451. The average molecular weight is 286 g/mol. The lowest BCUT2D eigenvalue weighted by atomic mass is 10.3. The highest BCUT2D eigenvalue weighted by atomic mass is 79.9. The van der Waals surface area contributed by atoms with Gasteiger partial charge in [0, 0.05) is 16.4 Å². The van der Waals surface area contributed by atoms with Gasteiger partial charge in [0.25, 0.3) is 0 Å². The van der Waals surface area contributed by atoms with Crippen LogP contribution in [0.15, 0.2) is 34.4 Å². The molecule has 76 valence electrons. The van der Waals surface area contributed by atoms with E-state index in [0.717, 1.165) is 4.47 Å². The van der Waals surface area contributed by atoms with Crippen molar-refractivity contribution < 1.29 is 4.79 Å². The summed E-state index contributed by atoms with van der Waals surface area (Å²) >= 11 is 9.11. The van der Waals surface area contributed by atoms with Crippen molar-refractivity contribution >= 4 is 39.5 Å². The van der Waals surface area contributed by atoms with Crippen LogP contribution in [0.3, 0.4) is 0 Å². The van der Waals surface area contributed by atoms with Crippen molar-refractivity contribution in [1.82, 2.24) is 0 Å². The molecule has 0 bridgehead atoms. The fourth-order valence-electron chi connectivity index (χ4n) is 0.840. The van der Waals surface area contributed by atoms with Gasteiger partial charge in [0.2, 0.25) is 0 Å². The molecule has 0 aromatic heterocycles. The number of nitrogens with one attached hydrogen (secondary N) is 1. The van der Waals surface area contributed by atoms with Crippen molar-refractivity contribution in [3.63, 3.8) is 0 Å². The molecule has 0 heterocycles. The highest BCUT2D eigenvalue weighted by Crippen LogP contribution is 2.25. The minimum Gasteiger partial charge on any atom is -0.360 e. The number of carbonyl (C=O) groups excluding carboxylic acids is 1. The molecular weight excluding hydrogens is 279 g/mol. The van der Waals surface area contributed by atoms with Gasteiger partial charge in [0.15, 0.2) is 6.29 Å². The zero-order valence-corrected chi connectivity index (χ0v) is 9.84. The smallest absolute Gasteiger partial charge is 0.162 e. The second-order valence-corrected chi connectivity index (χ2v) is 3.86. The molecule has 1 N–H and O–H groups in total. The molecule has 1 aromatic rings. The van der Waals surface area contributed by atoms with Crippen molar-refractivity contribution in [2.24, 2.45) is 0 Å². The predicted molar refractivity (Wildman–Crippen MR) is 62.5 cm³/mol. The number of hydrogen-bond donors (Lipinski definition) is 1. The normalized spacial score (nSPS) is 10.6. The molecule has 0 radical (unpaired) electrons. The van der Waals surface area contributed by atoms with E-state index in [1.807, 2.05) is 0 Å². The van der Waals surface area contributed by atoms with Crippen LogP contribution in [0.4, 0.5) is 5.69 Å². The van der Waals surface area contributed by atoms with Gasteiger partial charge in [0.1, 0.15) is 11.6 Å². The minimum atomic E-state index is 0.0223. The maximum absolute atomic E-state index is 10.3. The van der Waals surface area contributed by atoms with E-state index in [9.17, 15) is 4.79 Å². The van der Waals surface area contributed by atoms with Crippen molar-refractivity contribution in [1.29, 1.82) is 5.26 Å². The van der Waals surface area contributed by atoms with E-state index in [1.165, 1.54) is 6.20 Å². The number of rotatable bonds is 3. The summed E-state index contributed by atoms with van der Waals surface area (Å²) in [5.41, 5.74) is 0.729. The Balaban J connectivity index is 2.83. The molecule has 0 aliphatic heterocycles. The van der Waals surface area contributed by atoms with Gasteiger partial charge in [-0.1, -0.05) is 11.6 Å². The molecule has 0 fully saturated rings. The highest BCUT2D eigenvalue weighted by molar-refractivity contribution is 9.10. The van der Waals surface area contributed by atoms with Crippen molar-refractivity contribution in [2.75, 3.05) is 5.32 Å². The standard InChI is InChI=1S/C10H6BrClN2O/c11-9-2-1-8(3-10(9)12)14-5-7(4-13)6-15/h1-3,5-6,14H/b7-5-. The number of nitrogens with zero attached hydrogens (tertiary/aromatic N) is 1. The Labute approximate surface area is 100 Å². The lowest BCUT2D eigenvalue weighted by Gasteiger charge is -2.02. The first-order chi connectivity index (χ1) is 7.17. The van der Waals surface area contributed by atoms with Crippen LogP contribution in [0, 0.1) is 11.3 Å². The number of aldehydes is 1. The first-order valence-electron chi connectivity index (χ1n) is 3.94. The molecule has 1 aromatic carbocycles. The van der Waals surface area contributed by atoms with E-state index in [2.05, 4.69) is 21.2 Å². The summed E-state index contributed by atoms with van der Waals surface area (Å²) in [5.74, 6) is 0. The minimum absolute atomic E-state index is 0.0223. The van der Waals surface area contributed by atoms with E-state index >= 15 is 0 Å². The van der Waals surface area contributed by atoms with Gasteiger partial charge in [-0.3, -0.25) is 4.79 Å². The van der Waals surface area contributed by atoms with Gasteiger partial charge in [-0.15, -0.1) is 0 Å². The molecule has 0 atom stereocenters. The summed E-state index contributed by atoms with van der Waals surface area (Å²) < 4.78 is 0.787. The summed E-state index contributed by atoms with van der Waals surface area (Å²) in [6, 6.07) is 6.96. The third-order valence-corrected chi connectivity index (χ3v) is 2.80. The fourth-order valence-corrected chi connectivity index (χ4v) is 1.27. The number of hydrogen-bond acceptors (Lipinski definition) is 3. The zero-order chi connectivity index (χ0) is 11.3. The monoisotopic (exact) mass is 284 g/mol. The number of anilines is 1. The number of nitriles is 1. The van der Waals surface area contributed by atoms with Crippen molar-refractivity contribution in [2.45, 2.75) is 0 Å². The van der Waals surface area contributed by atoms with Crippen LogP contribution < -0.4 is 5.32 Å².